The Balaban J connectivity index is 1.95. The van der Waals surface area contributed by atoms with Crippen molar-refractivity contribution in [3.8, 4) is 5.75 Å². The smallest absolute Gasteiger partial charge is 0.262 e. The number of carbonyl (C=O) groups excluding carboxylic acids is 1. The van der Waals surface area contributed by atoms with Gasteiger partial charge >= 0.3 is 0 Å². The minimum atomic E-state index is -0.185. The normalized spacial score (nSPS) is 10.3. The Bertz CT molecular complexity index is 640. The second kappa shape index (κ2) is 6.98. The zero-order valence-electron chi connectivity index (χ0n) is 13.3. The molecule has 0 radical (unpaired) electrons. The van der Waals surface area contributed by atoms with Gasteiger partial charge in [0, 0.05) is 11.4 Å². The number of aryl methyl sites for hydroxylation is 3. The van der Waals surface area contributed by atoms with Crippen LogP contribution in [0.4, 0.5) is 11.4 Å². The number of ether oxygens (including phenoxy) is 1. The number of amides is 1. The molecule has 0 aliphatic heterocycles. The van der Waals surface area contributed by atoms with Crippen LogP contribution in [-0.4, -0.2) is 12.5 Å². The van der Waals surface area contributed by atoms with E-state index in [1.165, 1.54) is 5.56 Å². The summed E-state index contributed by atoms with van der Waals surface area (Å²) in [6, 6.07) is 11.4. The molecule has 0 aliphatic rings. The van der Waals surface area contributed by atoms with Gasteiger partial charge in [-0.05, 0) is 61.2 Å². The van der Waals surface area contributed by atoms with Crippen molar-refractivity contribution in [3.05, 3.63) is 53.1 Å². The van der Waals surface area contributed by atoms with E-state index in [4.69, 9.17) is 10.5 Å². The molecule has 0 fully saturated rings. The molecule has 4 heteroatoms. The Morgan fingerprint density at radius 1 is 1.14 bits per heavy atom. The van der Waals surface area contributed by atoms with E-state index in [1.807, 2.05) is 50.2 Å². The van der Waals surface area contributed by atoms with Gasteiger partial charge in [-0.25, -0.2) is 0 Å². The first-order chi connectivity index (χ1) is 10.5. The molecule has 22 heavy (non-hydrogen) atoms. The molecule has 0 aliphatic carbocycles. The standard InChI is InChI=1S/C18H22N2O2/c1-4-14-5-7-16(8-6-14)22-11-17(21)20-18-12(2)9-15(19)10-13(18)3/h5-10H,4,11,19H2,1-3H3,(H,20,21). The van der Waals surface area contributed by atoms with Crippen LogP contribution in [0.5, 0.6) is 5.75 Å². The third-order valence-electron chi connectivity index (χ3n) is 3.52. The minimum Gasteiger partial charge on any atom is -0.484 e. The molecule has 0 saturated heterocycles. The highest BCUT2D eigenvalue weighted by molar-refractivity contribution is 5.93. The fraction of sp³-hybridized carbons (Fsp3) is 0.278. The Morgan fingerprint density at radius 3 is 2.27 bits per heavy atom. The predicted octanol–water partition coefficient (Wildman–Crippen LogP) is 3.47. The zero-order valence-corrected chi connectivity index (χ0v) is 13.3. The average Bonchev–Trinajstić information content (AvgIpc) is 2.49. The minimum absolute atomic E-state index is 0.0191. The molecule has 2 aromatic carbocycles. The van der Waals surface area contributed by atoms with Gasteiger partial charge in [0.05, 0.1) is 0 Å². The lowest BCUT2D eigenvalue weighted by molar-refractivity contribution is -0.118. The fourth-order valence-corrected chi connectivity index (χ4v) is 2.34. The van der Waals surface area contributed by atoms with Crippen molar-refractivity contribution in [2.24, 2.45) is 0 Å². The van der Waals surface area contributed by atoms with Gasteiger partial charge in [0.1, 0.15) is 5.75 Å². The Kier molecular flexibility index (Phi) is 5.04. The monoisotopic (exact) mass is 298 g/mol. The number of carbonyl (C=O) groups is 1. The van der Waals surface area contributed by atoms with Crippen LogP contribution in [0.15, 0.2) is 36.4 Å². The van der Waals surface area contributed by atoms with Gasteiger partial charge in [0.15, 0.2) is 6.61 Å². The van der Waals surface area contributed by atoms with Gasteiger partial charge in [0.25, 0.3) is 5.91 Å². The van der Waals surface area contributed by atoms with E-state index in [0.29, 0.717) is 11.4 Å². The molecule has 2 rings (SSSR count). The molecule has 0 bridgehead atoms. The van der Waals surface area contributed by atoms with Gasteiger partial charge in [-0.3, -0.25) is 4.79 Å². The van der Waals surface area contributed by atoms with E-state index in [-0.39, 0.29) is 12.5 Å². The maximum atomic E-state index is 12.0. The number of benzene rings is 2. The summed E-state index contributed by atoms with van der Waals surface area (Å²) in [4.78, 5) is 12.0. The van der Waals surface area contributed by atoms with Crippen LogP contribution < -0.4 is 15.8 Å². The zero-order chi connectivity index (χ0) is 16.1. The van der Waals surface area contributed by atoms with Gasteiger partial charge in [-0.2, -0.15) is 0 Å². The largest absolute Gasteiger partial charge is 0.484 e. The highest BCUT2D eigenvalue weighted by atomic mass is 16.5. The molecular formula is C18H22N2O2. The van der Waals surface area contributed by atoms with E-state index in [1.54, 1.807) is 0 Å². The molecule has 0 unspecified atom stereocenters. The van der Waals surface area contributed by atoms with Crippen molar-refractivity contribution < 1.29 is 9.53 Å². The summed E-state index contributed by atoms with van der Waals surface area (Å²) in [6.07, 6.45) is 0.983. The van der Waals surface area contributed by atoms with E-state index >= 15 is 0 Å². The summed E-state index contributed by atoms with van der Waals surface area (Å²) >= 11 is 0. The summed E-state index contributed by atoms with van der Waals surface area (Å²) in [5, 5.41) is 2.88. The maximum Gasteiger partial charge on any atom is 0.262 e. The molecule has 0 atom stereocenters. The summed E-state index contributed by atoms with van der Waals surface area (Å²) in [6.45, 7) is 5.92. The first-order valence-electron chi connectivity index (χ1n) is 7.38. The highest BCUT2D eigenvalue weighted by Crippen LogP contribution is 2.23. The van der Waals surface area contributed by atoms with E-state index < -0.39 is 0 Å². The van der Waals surface area contributed by atoms with Crippen LogP contribution in [-0.2, 0) is 11.2 Å². The number of anilines is 2. The number of nitrogens with one attached hydrogen (secondary N) is 1. The Morgan fingerprint density at radius 2 is 1.73 bits per heavy atom. The van der Waals surface area contributed by atoms with E-state index in [9.17, 15) is 4.79 Å². The van der Waals surface area contributed by atoms with Gasteiger partial charge in [0.2, 0.25) is 0 Å². The summed E-state index contributed by atoms with van der Waals surface area (Å²) < 4.78 is 5.51. The molecular weight excluding hydrogens is 276 g/mol. The quantitative estimate of drug-likeness (QED) is 0.831. The lowest BCUT2D eigenvalue weighted by Crippen LogP contribution is -2.21. The third kappa shape index (κ3) is 4.01. The topological polar surface area (TPSA) is 64.3 Å². The fourth-order valence-electron chi connectivity index (χ4n) is 2.34. The summed E-state index contributed by atoms with van der Waals surface area (Å²) in [7, 11) is 0. The van der Waals surface area contributed by atoms with E-state index in [0.717, 1.165) is 23.2 Å². The van der Waals surface area contributed by atoms with Crippen LogP contribution in [0.25, 0.3) is 0 Å². The number of hydrogen-bond donors (Lipinski definition) is 2. The van der Waals surface area contributed by atoms with Crippen molar-refractivity contribution >= 4 is 17.3 Å². The Hall–Kier alpha value is -2.49. The third-order valence-corrected chi connectivity index (χ3v) is 3.52. The van der Waals surface area contributed by atoms with Crippen LogP contribution in [0.1, 0.15) is 23.6 Å². The van der Waals surface area contributed by atoms with Crippen molar-refractivity contribution in [1.29, 1.82) is 0 Å². The second-order valence-electron chi connectivity index (χ2n) is 5.36. The first kappa shape index (κ1) is 15.9. The molecule has 4 nitrogen and oxygen atoms in total. The van der Waals surface area contributed by atoms with E-state index in [2.05, 4.69) is 12.2 Å². The Labute approximate surface area is 131 Å². The van der Waals surface area contributed by atoms with Crippen molar-refractivity contribution in [2.75, 3.05) is 17.7 Å². The van der Waals surface area contributed by atoms with Crippen LogP contribution in [0, 0.1) is 13.8 Å². The molecule has 0 heterocycles. The van der Waals surface area contributed by atoms with Crippen LogP contribution >= 0.6 is 0 Å². The van der Waals surface area contributed by atoms with Crippen molar-refractivity contribution in [3.63, 3.8) is 0 Å². The van der Waals surface area contributed by atoms with Crippen LogP contribution in [0.2, 0.25) is 0 Å². The molecule has 0 saturated carbocycles. The van der Waals surface area contributed by atoms with Gasteiger partial charge < -0.3 is 15.8 Å². The first-order valence-corrected chi connectivity index (χ1v) is 7.38. The summed E-state index contributed by atoms with van der Waals surface area (Å²) in [5.41, 5.74) is 10.4. The lowest BCUT2D eigenvalue weighted by atomic mass is 10.1. The predicted molar refractivity (Wildman–Crippen MR) is 90.3 cm³/mol. The summed E-state index contributed by atoms with van der Waals surface area (Å²) in [5.74, 6) is 0.508. The molecule has 116 valence electrons. The molecule has 0 aromatic heterocycles. The molecule has 2 aromatic rings. The van der Waals surface area contributed by atoms with Gasteiger partial charge in [-0.15, -0.1) is 0 Å². The number of nitrogen functional groups attached to an aromatic ring is 1. The lowest BCUT2D eigenvalue weighted by Gasteiger charge is -2.13. The number of hydrogen-bond acceptors (Lipinski definition) is 3. The maximum absolute atomic E-state index is 12.0. The molecule has 1 amide bonds. The number of nitrogens with two attached hydrogens (primary N) is 1. The van der Waals surface area contributed by atoms with Gasteiger partial charge in [-0.1, -0.05) is 19.1 Å². The number of rotatable bonds is 5. The molecule has 3 N–H and O–H groups in total. The average molecular weight is 298 g/mol. The second-order valence-corrected chi connectivity index (χ2v) is 5.36. The highest BCUT2D eigenvalue weighted by Gasteiger charge is 2.09. The molecule has 0 spiro atoms. The van der Waals surface area contributed by atoms with Crippen molar-refractivity contribution in [2.45, 2.75) is 27.2 Å². The van der Waals surface area contributed by atoms with Crippen LogP contribution in [0.3, 0.4) is 0 Å². The SMILES string of the molecule is CCc1ccc(OCC(=O)Nc2c(C)cc(N)cc2C)cc1. The van der Waals surface area contributed by atoms with Crippen molar-refractivity contribution in [1.82, 2.24) is 0 Å².